The van der Waals surface area contributed by atoms with Gasteiger partial charge < -0.3 is 11.1 Å². The highest BCUT2D eigenvalue weighted by Crippen LogP contribution is 2.24. The molecule has 3 nitrogen and oxygen atoms in total. The number of rotatable bonds is 5. The Morgan fingerprint density at radius 2 is 2.44 bits per heavy atom. The van der Waals surface area contributed by atoms with Gasteiger partial charge in [-0.1, -0.05) is 12.5 Å². The zero-order valence-electron chi connectivity index (χ0n) is 10.6. The number of nitrogens with one attached hydrogen (secondary N) is 1. The van der Waals surface area contributed by atoms with E-state index in [9.17, 15) is 0 Å². The van der Waals surface area contributed by atoms with Crippen molar-refractivity contribution in [1.29, 1.82) is 0 Å². The minimum atomic E-state index is 0.595. The van der Waals surface area contributed by atoms with E-state index < -0.39 is 0 Å². The average Bonchev–Trinajstić information content (AvgIpc) is 2.91. The number of guanidine groups is 1. The zero-order chi connectivity index (χ0) is 12.6. The summed E-state index contributed by atoms with van der Waals surface area (Å²) in [6.45, 7) is 1.73. The van der Waals surface area contributed by atoms with E-state index in [0.29, 0.717) is 11.2 Å². The van der Waals surface area contributed by atoms with Crippen LogP contribution in [0, 0.1) is 0 Å². The van der Waals surface area contributed by atoms with Gasteiger partial charge in [-0.15, -0.1) is 11.3 Å². The van der Waals surface area contributed by atoms with Crippen molar-refractivity contribution in [3.05, 3.63) is 22.4 Å². The molecule has 2 rings (SSSR count). The molecule has 1 aromatic heterocycles. The summed E-state index contributed by atoms with van der Waals surface area (Å²) in [7, 11) is 0. The van der Waals surface area contributed by atoms with E-state index >= 15 is 0 Å². The van der Waals surface area contributed by atoms with Gasteiger partial charge in [0.25, 0.3) is 0 Å². The first-order valence-electron chi connectivity index (χ1n) is 6.52. The highest BCUT2D eigenvalue weighted by Gasteiger charge is 2.12. The Morgan fingerprint density at radius 1 is 1.50 bits per heavy atom. The second kappa shape index (κ2) is 7.69. The third-order valence-corrected chi connectivity index (χ3v) is 5.31. The molecule has 0 saturated carbocycles. The second-order valence-electron chi connectivity index (χ2n) is 4.47. The minimum absolute atomic E-state index is 0.595. The standard InChI is InChI=1S/C13H21N3S2/c14-13(15-7-6-11-5-3-9-17-11)16-10-12-4-1-2-8-18-12/h3,5,9,12H,1-2,4,6-8,10H2,(H3,14,15,16). The largest absolute Gasteiger partial charge is 0.370 e. The van der Waals surface area contributed by atoms with Crippen LogP contribution in [0.3, 0.4) is 0 Å². The molecule has 1 saturated heterocycles. The van der Waals surface area contributed by atoms with Crippen molar-refractivity contribution in [1.82, 2.24) is 5.32 Å². The molecule has 0 spiro atoms. The lowest BCUT2D eigenvalue weighted by Gasteiger charge is -2.19. The van der Waals surface area contributed by atoms with Crippen LogP contribution in [0.2, 0.25) is 0 Å². The monoisotopic (exact) mass is 283 g/mol. The number of nitrogens with two attached hydrogens (primary N) is 1. The van der Waals surface area contributed by atoms with Gasteiger partial charge >= 0.3 is 0 Å². The summed E-state index contributed by atoms with van der Waals surface area (Å²) in [5, 5.41) is 5.97. The van der Waals surface area contributed by atoms with Crippen molar-refractivity contribution in [3.63, 3.8) is 0 Å². The van der Waals surface area contributed by atoms with Gasteiger partial charge in [0.15, 0.2) is 5.96 Å². The predicted molar refractivity (Wildman–Crippen MR) is 82.6 cm³/mol. The maximum absolute atomic E-state index is 5.86. The first kappa shape index (κ1) is 13.7. The maximum Gasteiger partial charge on any atom is 0.188 e. The summed E-state index contributed by atoms with van der Waals surface area (Å²) in [5.41, 5.74) is 5.86. The normalized spacial score (nSPS) is 20.9. The summed E-state index contributed by atoms with van der Waals surface area (Å²) >= 11 is 3.82. The Hall–Kier alpha value is -0.680. The molecule has 0 aromatic carbocycles. The number of aliphatic imine (C=N–C) groups is 1. The van der Waals surface area contributed by atoms with Gasteiger partial charge in [-0.3, -0.25) is 4.99 Å². The molecule has 1 aliphatic heterocycles. The number of hydrogen-bond donors (Lipinski definition) is 2. The first-order chi connectivity index (χ1) is 8.84. The molecule has 0 bridgehead atoms. The summed E-state index contributed by atoms with van der Waals surface area (Å²) in [6, 6.07) is 4.23. The molecule has 5 heteroatoms. The maximum atomic E-state index is 5.86. The van der Waals surface area contributed by atoms with Crippen LogP contribution in [0.4, 0.5) is 0 Å². The Balaban J connectivity index is 1.62. The SMILES string of the molecule is NC(=NCC1CCCCS1)NCCc1cccs1. The Kier molecular flexibility index (Phi) is 5.87. The van der Waals surface area contributed by atoms with Crippen molar-refractivity contribution in [2.75, 3.05) is 18.8 Å². The van der Waals surface area contributed by atoms with E-state index in [1.165, 1.54) is 29.9 Å². The van der Waals surface area contributed by atoms with Crippen molar-refractivity contribution >= 4 is 29.1 Å². The number of nitrogens with zero attached hydrogens (tertiary/aromatic N) is 1. The van der Waals surface area contributed by atoms with Gasteiger partial charge in [-0.25, -0.2) is 0 Å². The summed E-state index contributed by atoms with van der Waals surface area (Å²) in [4.78, 5) is 5.82. The van der Waals surface area contributed by atoms with Crippen molar-refractivity contribution in [2.24, 2.45) is 10.7 Å². The molecule has 1 fully saturated rings. The third-order valence-electron chi connectivity index (χ3n) is 3.00. The Bertz CT molecular complexity index is 356. The topological polar surface area (TPSA) is 50.4 Å². The molecule has 1 aliphatic rings. The average molecular weight is 283 g/mol. The van der Waals surface area contributed by atoms with Crippen molar-refractivity contribution < 1.29 is 0 Å². The fourth-order valence-corrected chi connectivity index (χ4v) is 3.90. The van der Waals surface area contributed by atoms with Crippen LogP contribution in [0.5, 0.6) is 0 Å². The van der Waals surface area contributed by atoms with Gasteiger partial charge in [0.05, 0.1) is 6.54 Å². The Labute approximate surface area is 117 Å². The second-order valence-corrected chi connectivity index (χ2v) is 6.91. The molecule has 0 aliphatic carbocycles. The number of thioether (sulfide) groups is 1. The van der Waals surface area contributed by atoms with Crippen LogP contribution in [-0.4, -0.2) is 30.1 Å². The van der Waals surface area contributed by atoms with Crippen LogP contribution in [0.1, 0.15) is 24.1 Å². The van der Waals surface area contributed by atoms with E-state index in [1.807, 2.05) is 11.8 Å². The van der Waals surface area contributed by atoms with E-state index in [-0.39, 0.29) is 0 Å². The molecular weight excluding hydrogens is 262 g/mol. The van der Waals surface area contributed by atoms with Crippen molar-refractivity contribution in [2.45, 2.75) is 30.9 Å². The molecular formula is C13H21N3S2. The number of hydrogen-bond acceptors (Lipinski definition) is 3. The molecule has 1 aromatic rings. The molecule has 1 atom stereocenters. The fourth-order valence-electron chi connectivity index (χ4n) is 1.98. The third kappa shape index (κ3) is 4.90. The van der Waals surface area contributed by atoms with Crippen LogP contribution in [-0.2, 0) is 6.42 Å². The smallest absolute Gasteiger partial charge is 0.188 e. The molecule has 18 heavy (non-hydrogen) atoms. The summed E-state index contributed by atoms with van der Waals surface area (Å²) < 4.78 is 0. The van der Waals surface area contributed by atoms with E-state index in [4.69, 9.17) is 5.73 Å². The molecule has 100 valence electrons. The van der Waals surface area contributed by atoms with Crippen LogP contribution < -0.4 is 11.1 Å². The molecule has 0 radical (unpaired) electrons. The van der Waals surface area contributed by atoms with Crippen LogP contribution in [0.25, 0.3) is 0 Å². The van der Waals surface area contributed by atoms with E-state index in [2.05, 4.69) is 27.8 Å². The summed E-state index contributed by atoms with van der Waals surface area (Å²) in [6.07, 6.45) is 5.01. The fraction of sp³-hybridized carbons (Fsp3) is 0.615. The van der Waals surface area contributed by atoms with Gasteiger partial charge in [0.1, 0.15) is 0 Å². The lowest BCUT2D eigenvalue weighted by atomic mass is 10.2. The number of thiophene rings is 1. The lowest BCUT2D eigenvalue weighted by molar-refractivity contribution is 0.666. The molecule has 3 N–H and O–H groups in total. The first-order valence-corrected chi connectivity index (χ1v) is 8.45. The molecule has 0 amide bonds. The highest BCUT2D eigenvalue weighted by molar-refractivity contribution is 7.99. The Morgan fingerprint density at radius 3 is 3.17 bits per heavy atom. The lowest BCUT2D eigenvalue weighted by Crippen LogP contribution is -2.34. The van der Waals surface area contributed by atoms with Gasteiger partial charge in [0, 0.05) is 16.7 Å². The van der Waals surface area contributed by atoms with E-state index in [0.717, 1.165) is 19.5 Å². The van der Waals surface area contributed by atoms with Crippen molar-refractivity contribution in [3.8, 4) is 0 Å². The minimum Gasteiger partial charge on any atom is -0.370 e. The molecule has 2 heterocycles. The predicted octanol–water partition coefficient (Wildman–Crippen LogP) is 2.48. The quantitative estimate of drug-likeness (QED) is 0.645. The van der Waals surface area contributed by atoms with Gasteiger partial charge in [0.2, 0.25) is 0 Å². The van der Waals surface area contributed by atoms with E-state index in [1.54, 1.807) is 11.3 Å². The van der Waals surface area contributed by atoms with Gasteiger partial charge in [-0.2, -0.15) is 11.8 Å². The summed E-state index contributed by atoms with van der Waals surface area (Å²) in [5.74, 6) is 1.88. The zero-order valence-corrected chi connectivity index (χ0v) is 12.2. The molecule has 1 unspecified atom stereocenters. The van der Waals surface area contributed by atoms with Crippen LogP contribution in [0.15, 0.2) is 22.5 Å². The van der Waals surface area contributed by atoms with Crippen LogP contribution >= 0.6 is 23.1 Å². The van der Waals surface area contributed by atoms with Gasteiger partial charge in [-0.05, 0) is 36.5 Å². The highest BCUT2D eigenvalue weighted by atomic mass is 32.2.